The highest BCUT2D eigenvalue weighted by molar-refractivity contribution is 14.1. The number of hydrogen-bond donors (Lipinski definition) is 0. The van der Waals surface area contributed by atoms with Crippen LogP contribution in [0.3, 0.4) is 0 Å². The third-order valence-electron chi connectivity index (χ3n) is 1.52. The zero-order valence-electron chi connectivity index (χ0n) is 6.30. The standard InChI is InChI=1S/C9H10FI/c1-7(11)9(10)8-5-3-2-4-6-8/h2-7,9H,1H3/t7-,9-/m1/s1. The average molecular weight is 264 g/mol. The lowest BCUT2D eigenvalue weighted by atomic mass is 10.1. The second-order valence-corrected chi connectivity index (χ2v) is 4.45. The maximum atomic E-state index is 13.3. The van der Waals surface area contributed by atoms with Crippen molar-refractivity contribution < 1.29 is 4.39 Å². The fourth-order valence-corrected chi connectivity index (χ4v) is 1.32. The smallest absolute Gasteiger partial charge is 0.137 e. The summed E-state index contributed by atoms with van der Waals surface area (Å²) in [6.45, 7) is 1.87. The molecule has 2 heteroatoms. The van der Waals surface area contributed by atoms with Crippen LogP contribution in [0, 0.1) is 0 Å². The molecule has 0 saturated heterocycles. The van der Waals surface area contributed by atoms with Crippen LogP contribution in [0.15, 0.2) is 30.3 Å². The molecule has 0 nitrogen and oxygen atoms in total. The van der Waals surface area contributed by atoms with Crippen LogP contribution in [0.4, 0.5) is 4.39 Å². The summed E-state index contributed by atoms with van der Waals surface area (Å²) in [6, 6.07) is 9.26. The molecule has 1 aromatic rings. The Morgan fingerprint density at radius 1 is 1.27 bits per heavy atom. The Kier molecular flexibility index (Phi) is 3.30. The molecule has 0 bridgehead atoms. The summed E-state index contributed by atoms with van der Waals surface area (Å²) < 4.78 is 13.3. The normalized spacial score (nSPS) is 15.9. The van der Waals surface area contributed by atoms with Gasteiger partial charge in [-0.05, 0) is 5.56 Å². The molecule has 0 aliphatic heterocycles. The molecule has 60 valence electrons. The van der Waals surface area contributed by atoms with E-state index in [1.165, 1.54) is 0 Å². The molecule has 0 amide bonds. The van der Waals surface area contributed by atoms with E-state index in [2.05, 4.69) is 22.6 Å². The van der Waals surface area contributed by atoms with E-state index < -0.39 is 6.17 Å². The van der Waals surface area contributed by atoms with E-state index in [9.17, 15) is 4.39 Å². The van der Waals surface area contributed by atoms with Crippen molar-refractivity contribution in [2.75, 3.05) is 0 Å². The van der Waals surface area contributed by atoms with Crippen LogP contribution in [-0.4, -0.2) is 3.92 Å². The molecule has 0 unspecified atom stereocenters. The molecule has 2 atom stereocenters. The zero-order valence-corrected chi connectivity index (χ0v) is 8.45. The first kappa shape index (κ1) is 8.97. The molecule has 0 aliphatic rings. The van der Waals surface area contributed by atoms with Crippen LogP contribution in [0.2, 0.25) is 0 Å². The van der Waals surface area contributed by atoms with Gasteiger partial charge < -0.3 is 0 Å². The summed E-state index contributed by atoms with van der Waals surface area (Å²) in [5, 5.41) is 0. The number of hydrogen-bond acceptors (Lipinski definition) is 0. The minimum atomic E-state index is -0.836. The quantitative estimate of drug-likeness (QED) is 0.566. The summed E-state index contributed by atoms with van der Waals surface area (Å²) in [5.74, 6) is 0. The second-order valence-electron chi connectivity index (χ2n) is 2.49. The van der Waals surface area contributed by atoms with Crippen molar-refractivity contribution in [3.8, 4) is 0 Å². The van der Waals surface area contributed by atoms with Gasteiger partial charge in [0.2, 0.25) is 0 Å². The van der Waals surface area contributed by atoms with E-state index >= 15 is 0 Å². The number of benzene rings is 1. The van der Waals surface area contributed by atoms with Gasteiger partial charge in [-0.15, -0.1) is 0 Å². The van der Waals surface area contributed by atoms with Crippen LogP contribution >= 0.6 is 22.6 Å². The van der Waals surface area contributed by atoms with Crippen molar-refractivity contribution in [1.82, 2.24) is 0 Å². The first-order valence-corrected chi connectivity index (χ1v) is 4.79. The van der Waals surface area contributed by atoms with Crippen molar-refractivity contribution in [2.45, 2.75) is 17.0 Å². The summed E-state index contributed by atoms with van der Waals surface area (Å²) in [6.07, 6.45) is -0.836. The molecule has 0 aliphatic carbocycles. The Hall–Kier alpha value is -0.120. The van der Waals surface area contributed by atoms with E-state index in [4.69, 9.17) is 0 Å². The Morgan fingerprint density at radius 2 is 1.82 bits per heavy atom. The molecule has 1 rings (SSSR count). The van der Waals surface area contributed by atoms with Gasteiger partial charge in [0, 0.05) is 3.92 Å². The monoisotopic (exact) mass is 264 g/mol. The third kappa shape index (κ3) is 2.43. The largest absolute Gasteiger partial charge is 0.241 e. The molecule has 0 spiro atoms. The number of halogens is 2. The maximum absolute atomic E-state index is 13.3. The van der Waals surface area contributed by atoms with Gasteiger partial charge in [0.25, 0.3) is 0 Å². The average Bonchev–Trinajstić information content (AvgIpc) is 2.05. The zero-order chi connectivity index (χ0) is 8.27. The minimum Gasteiger partial charge on any atom is -0.241 e. The van der Waals surface area contributed by atoms with E-state index in [1.807, 2.05) is 37.3 Å². The predicted octanol–water partition coefficient (Wildman–Crippen LogP) is 3.52. The molecular weight excluding hydrogens is 254 g/mol. The van der Waals surface area contributed by atoms with Gasteiger partial charge in [0.15, 0.2) is 0 Å². The van der Waals surface area contributed by atoms with Crippen molar-refractivity contribution in [3.63, 3.8) is 0 Å². The molecule has 0 fully saturated rings. The predicted molar refractivity (Wildman–Crippen MR) is 53.8 cm³/mol. The van der Waals surface area contributed by atoms with Crippen molar-refractivity contribution in [2.24, 2.45) is 0 Å². The lowest BCUT2D eigenvalue weighted by Crippen LogP contribution is -2.01. The second kappa shape index (κ2) is 4.04. The van der Waals surface area contributed by atoms with Crippen molar-refractivity contribution >= 4 is 22.6 Å². The van der Waals surface area contributed by atoms with E-state index in [-0.39, 0.29) is 3.92 Å². The van der Waals surface area contributed by atoms with Crippen LogP contribution in [0.25, 0.3) is 0 Å². The Labute approximate surface area is 80.0 Å². The Bertz CT molecular complexity index is 208. The SMILES string of the molecule is C[C@@H](I)[C@@H](F)c1ccccc1. The Balaban J connectivity index is 2.77. The Morgan fingerprint density at radius 3 is 2.27 bits per heavy atom. The lowest BCUT2D eigenvalue weighted by Gasteiger charge is -2.09. The van der Waals surface area contributed by atoms with Gasteiger partial charge >= 0.3 is 0 Å². The van der Waals surface area contributed by atoms with Gasteiger partial charge in [0.05, 0.1) is 0 Å². The highest BCUT2D eigenvalue weighted by Crippen LogP contribution is 2.25. The third-order valence-corrected chi connectivity index (χ3v) is 2.15. The highest BCUT2D eigenvalue weighted by Gasteiger charge is 2.13. The first-order chi connectivity index (χ1) is 5.22. The molecular formula is C9H10FI. The number of rotatable bonds is 2. The molecule has 0 saturated carbocycles. The molecule has 0 heterocycles. The summed E-state index contributed by atoms with van der Waals surface area (Å²) in [7, 11) is 0. The van der Waals surface area contributed by atoms with Gasteiger partial charge in [-0.2, -0.15) is 0 Å². The summed E-state index contributed by atoms with van der Waals surface area (Å²) in [4.78, 5) is 0. The van der Waals surface area contributed by atoms with Gasteiger partial charge in [-0.3, -0.25) is 0 Å². The van der Waals surface area contributed by atoms with Gasteiger partial charge in [-0.25, -0.2) is 4.39 Å². The number of alkyl halides is 2. The van der Waals surface area contributed by atoms with Crippen LogP contribution < -0.4 is 0 Å². The summed E-state index contributed by atoms with van der Waals surface area (Å²) >= 11 is 2.10. The van der Waals surface area contributed by atoms with Crippen LogP contribution in [-0.2, 0) is 0 Å². The van der Waals surface area contributed by atoms with Crippen molar-refractivity contribution in [3.05, 3.63) is 35.9 Å². The van der Waals surface area contributed by atoms with E-state index in [1.54, 1.807) is 0 Å². The lowest BCUT2D eigenvalue weighted by molar-refractivity contribution is 0.349. The van der Waals surface area contributed by atoms with Crippen LogP contribution in [0.1, 0.15) is 18.7 Å². The fourth-order valence-electron chi connectivity index (χ4n) is 0.902. The first-order valence-electron chi connectivity index (χ1n) is 3.55. The van der Waals surface area contributed by atoms with E-state index in [0.717, 1.165) is 5.56 Å². The molecule has 1 aromatic carbocycles. The minimum absolute atomic E-state index is 0.0370. The van der Waals surface area contributed by atoms with E-state index in [0.29, 0.717) is 0 Å². The highest BCUT2D eigenvalue weighted by atomic mass is 127. The topological polar surface area (TPSA) is 0 Å². The molecule has 0 N–H and O–H groups in total. The molecule has 11 heavy (non-hydrogen) atoms. The maximum Gasteiger partial charge on any atom is 0.137 e. The fraction of sp³-hybridized carbons (Fsp3) is 0.333. The molecule has 0 aromatic heterocycles. The molecule has 0 radical (unpaired) electrons. The van der Waals surface area contributed by atoms with Gasteiger partial charge in [-0.1, -0.05) is 59.8 Å². The van der Waals surface area contributed by atoms with Gasteiger partial charge in [0.1, 0.15) is 6.17 Å². The summed E-state index contributed by atoms with van der Waals surface area (Å²) in [5.41, 5.74) is 0.773. The van der Waals surface area contributed by atoms with Crippen molar-refractivity contribution in [1.29, 1.82) is 0 Å². The van der Waals surface area contributed by atoms with Crippen LogP contribution in [0.5, 0.6) is 0 Å².